The second kappa shape index (κ2) is 6.34. The van der Waals surface area contributed by atoms with Gasteiger partial charge in [0.1, 0.15) is 5.75 Å². The van der Waals surface area contributed by atoms with Gasteiger partial charge in [-0.1, -0.05) is 11.6 Å². The summed E-state index contributed by atoms with van der Waals surface area (Å²) in [6.07, 6.45) is 2.34. The summed E-state index contributed by atoms with van der Waals surface area (Å²) < 4.78 is 5.35. The van der Waals surface area contributed by atoms with E-state index in [1.165, 1.54) is 12.8 Å². The van der Waals surface area contributed by atoms with E-state index in [9.17, 15) is 4.79 Å². The van der Waals surface area contributed by atoms with Gasteiger partial charge in [0, 0.05) is 25.7 Å². The van der Waals surface area contributed by atoms with Gasteiger partial charge >= 0.3 is 0 Å². The molecule has 1 atom stereocenters. The first-order chi connectivity index (χ1) is 10.6. The Hall–Kier alpha value is -1.46. The molecule has 2 bridgehead atoms. The molecule has 5 nitrogen and oxygen atoms in total. The second-order valence-corrected chi connectivity index (χ2v) is 6.41. The van der Waals surface area contributed by atoms with Gasteiger partial charge in [0.05, 0.1) is 23.4 Å². The van der Waals surface area contributed by atoms with Gasteiger partial charge < -0.3 is 20.3 Å². The summed E-state index contributed by atoms with van der Waals surface area (Å²) in [6.45, 7) is 3.26. The van der Waals surface area contributed by atoms with E-state index in [2.05, 4.69) is 15.5 Å². The number of piperidine rings is 3. The molecule has 1 aromatic rings. The minimum Gasteiger partial charge on any atom is -0.496 e. The van der Waals surface area contributed by atoms with Gasteiger partial charge in [-0.2, -0.15) is 0 Å². The summed E-state index contributed by atoms with van der Waals surface area (Å²) in [5, 5.41) is 6.67. The van der Waals surface area contributed by atoms with Crippen LogP contribution in [0.1, 0.15) is 23.2 Å². The zero-order valence-corrected chi connectivity index (χ0v) is 13.7. The quantitative estimate of drug-likeness (QED) is 0.892. The number of halogens is 1. The molecule has 0 saturated carbocycles. The number of carbonyl (C=O) groups excluding carboxylic acids is 1. The van der Waals surface area contributed by atoms with Crippen molar-refractivity contribution in [3.63, 3.8) is 0 Å². The third kappa shape index (κ3) is 2.88. The van der Waals surface area contributed by atoms with Crippen LogP contribution in [0.15, 0.2) is 12.1 Å². The number of rotatable bonds is 4. The third-order valence-corrected chi connectivity index (χ3v) is 5.09. The first-order valence-electron chi connectivity index (χ1n) is 7.71. The fraction of sp³-hybridized carbons (Fsp3) is 0.562. The van der Waals surface area contributed by atoms with E-state index in [0.717, 1.165) is 25.3 Å². The first-order valence-corrected chi connectivity index (χ1v) is 8.08. The number of ether oxygens (including phenoxy) is 1. The highest BCUT2D eigenvalue weighted by molar-refractivity contribution is 6.33. The van der Waals surface area contributed by atoms with Crippen molar-refractivity contribution >= 4 is 23.2 Å². The van der Waals surface area contributed by atoms with Crippen LogP contribution in [0.2, 0.25) is 5.02 Å². The first kappa shape index (κ1) is 15.4. The Balaban J connectivity index is 1.78. The minimum absolute atomic E-state index is 0.111. The maximum Gasteiger partial charge on any atom is 0.255 e. The Bertz CT molecular complexity index is 571. The number of hydrogen-bond acceptors (Lipinski definition) is 4. The largest absolute Gasteiger partial charge is 0.496 e. The summed E-state index contributed by atoms with van der Waals surface area (Å²) in [4.78, 5) is 15.0. The predicted molar refractivity (Wildman–Crippen MR) is 88.0 cm³/mol. The number of anilines is 1. The molecule has 0 spiro atoms. The van der Waals surface area contributed by atoms with Crippen LogP contribution in [0.3, 0.4) is 0 Å². The molecule has 1 aromatic carbocycles. The SMILES string of the molecule is CNc1cc(OC)c(C(=O)N[C@H]2CN3CCC2CC3)cc1Cl. The van der Waals surface area contributed by atoms with Gasteiger partial charge in [-0.05, 0) is 37.9 Å². The molecule has 1 amide bonds. The number of nitrogens with zero attached hydrogens (tertiary/aromatic N) is 1. The van der Waals surface area contributed by atoms with Crippen LogP contribution >= 0.6 is 11.6 Å². The van der Waals surface area contributed by atoms with Crippen molar-refractivity contribution in [1.29, 1.82) is 0 Å². The Morgan fingerprint density at radius 2 is 2.09 bits per heavy atom. The average molecular weight is 324 g/mol. The number of nitrogens with one attached hydrogen (secondary N) is 2. The van der Waals surface area contributed by atoms with E-state index >= 15 is 0 Å². The van der Waals surface area contributed by atoms with Crippen molar-refractivity contribution in [2.45, 2.75) is 18.9 Å². The van der Waals surface area contributed by atoms with Crippen molar-refractivity contribution in [1.82, 2.24) is 10.2 Å². The number of carbonyl (C=O) groups is 1. The normalized spacial score (nSPS) is 26.6. The number of amides is 1. The summed E-state index contributed by atoms with van der Waals surface area (Å²) in [5.41, 5.74) is 1.24. The van der Waals surface area contributed by atoms with E-state index < -0.39 is 0 Å². The highest BCUT2D eigenvalue weighted by Crippen LogP contribution is 2.32. The molecular formula is C16H22ClN3O2. The monoisotopic (exact) mass is 323 g/mol. The molecule has 3 aliphatic rings. The van der Waals surface area contributed by atoms with Crippen LogP contribution < -0.4 is 15.4 Å². The fourth-order valence-electron chi connectivity index (χ4n) is 3.47. The van der Waals surface area contributed by atoms with Gasteiger partial charge in [0.25, 0.3) is 5.91 Å². The molecule has 2 N–H and O–H groups in total. The van der Waals surface area contributed by atoms with Crippen LogP contribution in [0, 0.1) is 5.92 Å². The maximum absolute atomic E-state index is 12.6. The predicted octanol–water partition coefficient (Wildman–Crippen LogP) is 2.21. The third-order valence-electron chi connectivity index (χ3n) is 4.78. The lowest BCUT2D eigenvalue weighted by Crippen LogP contribution is -2.57. The molecule has 0 aliphatic carbocycles. The summed E-state index contributed by atoms with van der Waals surface area (Å²) >= 11 is 6.20. The van der Waals surface area contributed by atoms with Gasteiger partial charge in [-0.15, -0.1) is 0 Å². The number of methoxy groups -OCH3 is 1. The van der Waals surface area contributed by atoms with Crippen LogP contribution in [-0.2, 0) is 0 Å². The van der Waals surface area contributed by atoms with Crippen molar-refractivity contribution in [2.24, 2.45) is 5.92 Å². The lowest BCUT2D eigenvalue weighted by Gasteiger charge is -2.44. The van der Waals surface area contributed by atoms with Crippen LogP contribution in [0.5, 0.6) is 5.75 Å². The van der Waals surface area contributed by atoms with Crippen molar-refractivity contribution < 1.29 is 9.53 Å². The van der Waals surface area contributed by atoms with E-state index in [1.807, 2.05) is 0 Å². The molecule has 3 saturated heterocycles. The van der Waals surface area contributed by atoms with Crippen LogP contribution in [0.25, 0.3) is 0 Å². The van der Waals surface area contributed by atoms with E-state index in [1.54, 1.807) is 26.3 Å². The maximum atomic E-state index is 12.6. The second-order valence-electron chi connectivity index (χ2n) is 6.00. The van der Waals surface area contributed by atoms with Crippen LogP contribution in [0.4, 0.5) is 5.69 Å². The van der Waals surface area contributed by atoms with Gasteiger partial charge in [-0.3, -0.25) is 4.79 Å². The van der Waals surface area contributed by atoms with Gasteiger partial charge in [0.2, 0.25) is 0 Å². The molecular weight excluding hydrogens is 302 g/mol. The zero-order valence-electron chi connectivity index (χ0n) is 13.0. The average Bonchev–Trinajstić information content (AvgIpc) is 2.55. The fourth-order valence-corrected chi connectivity index (χ4v) is 3.72. The molecule has 120 valence electrons. The van der Waals surface area contributed by atoms with E-state index in [-0.39, 0.29) is 11.9 Å². The minimum atomic E-state index is -0.111. The smallest absolute Gasteiger partial charge is 0.255 e. The molecule has 6 heteroatoms. The molecule has 3 heterocycles. The highest BCUT2D eigenvalue weighted by atomic mass is 35.5. The molecule has 0 radical (unpaired) electrons. The molecule has 3 aliphatic heterocycles. The number of fused-ring (bicyclic) bond motifs is 3. The Morgan fingerprint density at radius 1 is 1.36 bits per heavy atom. The molecule has 0 aromatic heterocycles. The molecule has 0 unspecified atom stereocenters. The molecule has 4 rings (SSSR count). The van der Waals surface area contributed by atoms with Crippen LogP contribution in [-0.4, -0.2) is 50.6 Å². The van der Waals surface area contributed by atoms with Crippen molar-refractivity contribution in [2.75, 3.05) is 39.1 Å². The van der Waals surface area contributed by atoms with E-state index in [0.29, 0.717) is 22.3 Å². The standard InChI is InChI=1S/C16H22ClN3O2/c1-18-13-8-15(22-2)11(7-12(13)17)16(21)19-14-9-20-5-3-10(14)4-6-20/h7-8,10,14,18H,3-6,9H2,1-2H3,(H,19,21)/t14-/m0/s1. The summed E-state index contributed by atoms with van der Waals surface area (Å²) in [5.74, 6) is 1.01. The highest BCUT2D eigenvalue weighted by Gasteiger charge is 2.35. The Kier molecular flexibility index (Phi) is 4.45. The van der Waals surface area contributed by atoms with Gasteiger partial charge in [-0.25, -0.2) is 0 Å². The molecule has 3 fully saturated rings. The lowest BCUT2D eigenvalue weighted by atomic mass is 9.84. The van der Waals surface area contributed by atoms with Gasteiger partial charge in [0.15, 0.2) is 0 Å². The molecule has 22 heavy (non-hydrogen) atoms. The number of benzene rings is 1. The Morgan fingerprint density at radius 3 is 2.64 bits per heavy atom. The number of hydrogen-bond donors (Lipinski definition) is 2. The summed E-state index contributed by atoms with van der Waals surface area (Å²) in [6, 6.07) is 3.65. The Labute approximate surface area is 136 Å². The van der Waals surface area contributed by atoms with Crippen molar-refractivity contribution in [3.05, 3.63) is 22.7 Å². The zero-order chi connectivity index (χ0) is 15.7. The lowest BCUT2D eigenvalue weighted by molar-refractivity contribution is 0.0619. The van der Waals surface area contributed by atoms with E-state index in [4.69, 9.17) is 16.3 Å². The topological polar surface area (TPSA) is 53.6 Å². The van der Waals surface area contributed by atoms with Crippen molar-refractivity contribution in [3.8, 4) is 5.75 Å². The summed E-state index contributed by atoms with van der Waals surface area (Å²) in [7, 11) is 3.35.